The van der Waals surface area contributed by atoms with Crippen molar-refractivity contribution in [3.63, 3.8) is 0 Å². The molecule has 1 amide bonds. The van der Waals surface area contributed by atoms with E-state index < -0.39 is 15.9 Å². The molecule has 8 nitrogen and oxygen atoms in total. The van der Waals surface area contributed by atoms with Gasteiger partial charge in [-0.25, -0.2) is 13.1 Å². The fraction of sp³-hybridized carbons (Fsp3) is 0.0870. The number of benzene rings is 3. The average Bonchev–Trinajstić information content (AvgIpc) is 3.20. The quantitative estimate of drug-likeness (QED) is 0.442. The Bertz CT molecular complexity index is 1420. The number of para-hydroxylation sites is 1. The SMILES string of the molecule is Cc1c(C(=O)Nc2cccc(S(=O)(=O)N(C)c3ccccc3)c2)nnn1-c1cccc(Cl)c1. The van der Waals surface area contributed by atoms with Gasteiger partial charge in [-0.1, -0.05) is 47.1 Å². The lowest BCUT2D eigenvalue weighted by molar-refractivity contribution is 0.102. The average molecular weight is 482 g/mol. The Labute approximate surface area is 196 Å². The first-order valence-corrected chi connectivity index (χ1v) is 11.7. The maximum absolute atomic E-state index is 13.1. The van der Waals surface area contributed by atoms with E-state index in [1.54, 1.807) is 67.6 Å². The van der Waals surface area contributed by atoms with E-state index in [-0.39, 0.29) is 10.6 Å². The Hall–Kier alpha value is -3.69. The van der Waals surface area contributed by atoms with E-state index in [2.05, 4.69) is 15.6 Å². The van der Waals surface area contributed by atoms with Crippen LogP contribution in [-0.4, -0.2) is 36.4 Å². The molecular weight excluding hydrogens is 462 g/mol. The van der Waals surface area contributed by atoms with Gasteiger partial charge in [-0.15, -0.1) is 5.10 Å². The molecule has 0 saturated carbocycles. The van der Waals surface area contributed by atoms with Gasteiger partial charge in [0.1, 0.15) is 0 Å². The molecule has 0 radical (unpaired) electrons. The summed E-state index contributed by atoms with van der Waals surface area (Å²) < 4.78 is 28.8. The zero-order chi connectivity index (χ0) is 23.6. The van der Waals surface area contributed by atoms with Gasteiger partial charge in [0.05, 0.1) is 22.0 Å². The Morgan fingerprint density at radius 1 is 1.00 bits per heavy atom. The van der Waals surface area contributed by atoms with Crippen molar-refractivity contribution < 1.29 is 13.2 Å². The maximum atomic E-state index is 13.1. The minimum absolute atomic E-state index is 0.0472. The summed E-state index contributed by atoms with van der Waals surface area (Å²) in [5.41, 5.74) is 2.15. The topological polar surface area (TPSA) is 97.2 Å². The van der Waals surface area contributed by atoms with Crippen molar-refractivity contribution in [2.45, 2.75) is 11.8 Å². The second-order valence-electron chi connectivity index (χ2n) is 7.21. The van der Waals surface area contributed by atoms with Crippen molar-refractivity contribution >= 4 is 38.9 Å². The zero-order valence-electron chi connectivity index (χ0n) is 17.8. The molecule has 10 heteroatoms. The number of halogens is 1. The highest BCUT2D eigenvalue weighted by Gasteiger charge is 2.23. The van der Waals surface area contributed by atoms with Gasteiger partial charge in [-0.3, -0.25) is 9.10 Å². The van der Waals surface area contributed by atoms with Crippen molar-refractivity contribution in [2.75, 3.05) is 16.7 Å². The van der Waals surface area contributed by atoms with E-state index >= 15 is 0 Å². The van der Waals surface area contributed by atoms with E-state index in [4.69, 9.17) is 11.6 Å². The van der Waals surface area contributed by atoms with Gasteiger partial charge in [0.15, 0.2) is 5.69 Å². The molecule has 0 aliphatic heterocycles. The lowest BCUT2D eigenvalue weighted by atomic mass is 10.2. The molecule has 0 aliphatic carbocycles. The van der Waals surface area contributed by atoms with Crippen LogP contribution in [0.2, 0.25) is 5.02 Å². The summed E-state index contributed by atoms with van der Waals surface area (Å²) in [5, 5.41) is 11.3. The van der Waals surface area contributed by atoms with Gasteiger partial charge in [0.25, 0.3) is 15.9 Å². The molecule has 33 heavy (non-hydrogen) atoms. The van der Waals surface area contributed by atoms with Crippen molar-refractivity contribution in [3.05, 3.63) is 95.3 Å². The molecule has 0 spiro atoms. The van der Waals surface area contributed by atoms with Gasteiger partial charge in [0, 0.05) is 17.8 Å². The van der Waals surface area contributed by atoms with Crippen LogP contribution in [0.4, 0.5) is 11.4 Å². The maximum Gasteiger partial charge on any atom is 0.278 e. The highest BCUT2D eigenvalue weighted by molar-refractivity contribution is 7.92. The summed E-state index contributed by atoms with van der Waals surface area (Å²) in [7, 11) is -2.34. The third-order valence-corrected chi connectivity index (χ3v) is 7.05. The second-order valence-corrected chi connectivity index (χ2v) is 9.61. The highest BCUT2D eigenvalue weighted by Crippen LogP contribution is 2.24. The van der Waals surface area contributed by atoms with E-state index in [1.165, 1.54) is 28.2 Å². The number of aromatic nitrogens is 3. The summed E-state index contributed by atoms with van der Waals surface area (Å²) in [6.45, 7) is 1.71. The van der Waals surface area contributed by atoms with Crippen LogP contribution in [0.15, 0.2) is 83.8 Å². The van der Waals surface area contributed by atoms with Crippen molar-refractivity contribution in [3.8, 4) is 5.69 Å². The molecule has 168 valence electrons. The molecule has 0 unspecified atom stereocenters. The lowest BCUT2D eigenvalue weighted by Crippen LogP contribution is -2.26. The number of nitrogens with zero attached hydrogens (tertiary/aromatic N) is 4. The Kier molecular flexibility index (Phi) is 6.17. The largest absolute Gasteiger partial charge is 0.320 e. The first-order chi connectivity index (χ1) is 15.8. The lowest BCUT2D eigenvalue weighted by Gasteiger charge is -2.19. The molecular formula is C23H20ClN5O3S. The minimum Gasteiger partial charge on any atom is -0.320 e. The van der Waals surface area contributed by atoms with Crippen LogP contribution in [0.25, 0.3) is 5.69 Å². The monoisotopic (exact) mass is 481 g/mol. The molecule has 1 aromatic heterocycles. The van der Waals surface area contributed by atoms with Crippen LogP contribution in [-0.2, 0) is 10.0 Å². The van der Waals surface area contributed by atoms with E-state index in [9.17, 15) is 13.2 Å². The van der Waals surface area contributed by atoms with Crippen LogP contribution >= 0.6 is 11.6 Å². The molecule has 4 rings (SSSR count). The van der Waals surface area contributed by atoms with E-state index in [1.807, 2.05) is 6.07 Å². The standard InChI is InChI=1S/C23H20ClN5O3S/c1-16-22(26-27-29(16)20-12-6-8-17(24)14-20)23(30)25-18-9-7-13-21(15-18)33(31,32)28(2)19-10-4-3-5-11-19/h3-15H,1-2H3,(H,25,30). The number of anilines is 2. The first-order valence-electron chi connectivity index (χ1n) is 9.91. The van der Waals surface area contributed by atoms with Crippen LogP contribution in [0.1, 0.15) is 16.2 Å². The summed E-state index contributed by atoms with van der Waals surface area (Å²) in [6, 6.07) is 21.8. The van der Waals surface area contributed by atoms with Gasteiger partial charge < -0.3 is 5.32 Å². The van der Waals surface area contributed by atoms with Crippen LogP contribution in [0.3, 0.4) is 0 Å². The van der Waals surface area contributed by atoms with Crippen molar-refractivity contribution in [1.29, 1.82) is 0 Å². The number of hydrogen-bond donors (Lipinski definition) is 1. The Balaban J connectivity index is 1.58. The fourth-order valence-corrected chi connectivity index (χ4v) is 4.68. The number of carbonyl (C=O) groups excluding carboxylic acids is 1. The normalized spacial score (nSPS) is 11.2. The number of amides is 1. The predicted octanol–water partition coefficient (Wildman–Crippen LogP) is 4.31. The Morgan fingerprint density at radius 2 is 1.73 bits per heavy atom. The number of rotatable bonds is 6. The second kappa shape index (κ2) is 9.05. The molecule has 0 aliphatic rings. The molecule has 1 N–H and O–H groups in total. The summed E-state index contributed by atoms with van der Waals surface area (Å²) in [6.07, 6.45) is 0. The van der Waals surface area contributed by atoms with Crippen LogP contribution in [0, 0.1) is 6.92 Å². The highest BCUT2D eigenvalue weighted by atomic mass is 35.5. The summed E-state index contributed by atoms with van der Waals surface area (Å²) in [5.74, 6) is -0.508. The van der Waals surface area contributed by atoms with E-state index in [0.29, 0.717) is 27.8 Å². The third kappa shape index (κ3) is 4.59. The zero-order valence-corrected chi connectivity index (χ0v) is 19.4. The number of nitrogens with one attached hydrogen (secondary N) is 1. The number of hydrogen-bond acceptors (Lipinski definition) is 5. The van der Waals surface area contributed by atoms with Crippen molar-refractivity contribution in [1.82, 2.24) is 15.0 Å². The van der Waals surface area contributed by atoms with Gasteiger partial charge in [-0.05, 0) is 55.5 Å². The predicted molar refractivity (Wildman–Crippen MR) is 128 cm³/mol. The van der Waals surface area contributed by atoms with Gasteiger partial charge in [-0.2, -0.15) is 0 Å². The summed E-state index contributed by atoms with van der Waals surface area (Å²) in [4.78, 5) is 12.9. The molecule has 3 aromatic carbocycles. The molecule has 1 heterocycles. The summed E-state index contributed by atoms with van der Waals surface area (Å²) >= 11 is 6.04. The fourth-order valence-electron chi connectivity index (χ4n) is 3.25. The smallest absolute Gasteiger partial charge is 0.278 e. The first kappa shape index (κ1) is 22.5. The minimum atomic E-state index is -3.82. The van der Waals surface area contributed by atoms with Crippen molar-refractivity contribution in [2.24, 2.45) is 0 Å². The Morgan fingerprint density at radius 3 is 2.45 bits per heavy atom. The molecule has 0 fully saturated rings. The molecule has 0 bridgehead atoms. The molecule has 4 aromatic rings. The van der Waals surface area contributed by atoms with E-state index in [0.717, 1.165) is 0 Å². The molecule has 0 atom stereocenters. The van der Waals surface area contributed by atoms with Crippen LogP contribution < -0.4 is 9.62 Å². The third-order valence-electron chi connectivity index (χ3n) is 5.03. The van der Waals surface area contributed by atoms with Gasteiger partial charge >= 0.3 is 0 Å². The van der Waals surface area contributed by atoms with Crippen LogP contribution in [0.5, 0.6) is 0 Å². The molecule has 0 saturated heterocycles. The number of sulfonamides is 1. The van der Waals surface area contributed by atoms with Gasteiger partial charge in [0.2, 0.25) is 0 Å². The number of carbonyl (C=O) groups is 1.